The van der Waals surface area contributed by atoms with E-state index in [9.17, 15) is 9.18 Å². The molecule has 5 rings (SSSR count). The number of carbonyl (C=O) groups excluding carboxylic acids is 1. The van der Waals surface area contributed by atoms with Crippen molar-refractivity contribution in [3.8, 4) is 11.1 Å². The van der Waals surface area contributed by atoms with Crippen LogP contribution in [0.15, 0.2) is 65.1 Å². The maximum Gasteiger partial charge on any atom is 0.322 e. The fraction of sp³-hybridized carbons (Fsp3) is 0.231. The van der Waals surface area contributed by atoms with E-state index >= 15 is 0 Å². The van der Waals surface area contributed by atoms with Crippen molar-refractivity contribution < 1.29 is 13.6 Å². The predicted octanol–water partition coefficient (Wildman–Crippen LogP) is 6.62. The topological polar surface area (TPSA) is 58.4 Å². The Kier molecular flexibility index (Phi) is 5.13. The first-order valence-electron chi connectivity index (χ1n) is 10.8. The Morgan fingerprint density at radius 1 is 1.06 bits per heavy atom. The van der Waals surface area contributed by atoms with Crippen LogP contribution in [0.4, 0.5) is 14.9 Å². The predicted molar refractivity (Wildman–Crippen MR) is 123 cm³/mol. The highest BCUT2D eigenvalue weighted by atomic mass is 19.1. The second-order valence-corrected chi connectivity index (χ2v) is 8.34. The van der Waals surface area contributed by atoms with E-state index in [0.717, 1.165) is 46.3 Å². The largest absolute Gasteiger partial charge is 0.438 e. The summed E-state index contributed by atoms with van der Waals surface area (Å²) in [4.78, 5) is 19.5. The van der Waals surface area contributed by atoms with Crippen molar-refractivity contribution in [1.82, 2.24) is 9.88 Å². The van der Waals surface area contributed by atoms with Crippen LogP contribution in [0.5, 0.6) is 0 Å². The second kappa shape index (κ2) is 8.11. The van der Waals surface area contributed by atoms with E-state index in [-0.39, 0.29) is 17.9 Å². The van der Waals surface area contributed by atoms with E-state index in [4.69, 9.17) is 9.40 Å². The Balaban J connectivity index is 1.39. The monoisotopic (exact) mass is 429 g/mol. The lowest BCUT2D eigenvalue weighted by molar-refractivity contribution is 0.199. The number of rotatable bonds is 3. The number of amides is 2. The van der Waals surface area contributed by atoms with Crippen molar-refractivity contribution in [3.63, 3.8) is 0 Å². The van der Waals surface area contributed by atoms with Gasteiger partial charge in [-0.15, -0.1) is 0 Å². The molecular weight excluding hydrogens is 405 g/mol. The van der Waals surface area contributed by atoms with Crippen LogP contribution in [0.3, 0.4) is 0 Å². The Bertz CT molecular complexity index is 1300. The second-order valence-electron chi connectivity index (χ2n) is 8.34. The van der Waals surface area contributed by atoms with Crippen LogP contribution >= 0.6 is 0 Å². The molecule has 6 heteroatoms. The molecule has 0 spiro atoms. The SMILES string of the molecule is Cc1ccc(NC(=O)N2CCCC2c2nc3cc(-c4ccc(F)cc4)ccc3o2)c(C)c1. The average Bonchev–Trinajstić information content (AvgIpc) is 3.42. The molecule has 1 aliphatic heterocycles. The van der Waals surface area contributed by atoms with E-state index in [2.05, 4.69) is 11.4 Å². The number of fused-ring (bicyclic) bond motifs is 1. The molecular formula is C26H24FN3O2. The van der Waals surface area contributed by atoms with Crippen molar-refractivity contribution in [2.45, 2.75) is 32.7 Å². The molecule has 32 heavy (non-hydrogen) atoms. The van der Waals surface area contributed by atoms with E-state index in [0.29, 0.717) is 18.0 Å². The summed E-state index contributed by atoms with van der Waals surface area (Å²) in [6.45, 7) is 4.67. The zero-order chi connectivity index (χ0) is 22.2. The molecule has 3 aromatic carbocycles. The standard InChI is InChI=1S/C26H24FN3O2/c1-16-5-11-21(17(2)14-16)29-26(31)30-13-3-4-23(30)25-28-22-15-19(8-12-24(22)32-25)18-6-9-20(27)10-7-18/h5-12,14-15,23H,3-4,13H2,1-2H3,(H,29,31). The molecule has 1 aliphatic rings. The molecule has 0 aliphatic carbocycles. The molecule has 5 nitrogen and oxygen atoms in total. The van der Waals surface area contributed by atoms with Gasteiger partial charge in [-0.2, -0.15) is 0 Å². The molecule has 2 heterocycles. The van der Waals surface area contributed by atoms with E-state index < -0.39 is 0 Å². The highest BCUT2D eigenvalue weighted by molar-refractivity contribution is 5.90. The number of carbonyl (C=O) groups is 1. The molecule has 162 valence electrons. The summed E-state index contributed by atoms with van der Waals surface area (Å²) in [5.74, 6) is 0.281. The maximum absolute atomic E-state index is 13.2. The van der Waals surface area contributed by atoms with Crippen LogP contribution < -0.4 is 5.32 Å². The number of aromatic nitrogens is 1. The Morgan fingerprint density at radius 3 is 2.62 bits per heavy atom. The van der Waals surface area contributed by atoms with E-state index in [1.54, 1.807) is 17.0 Å². The van der Waals surface area contributed by atoms with Gasteiger partial charge in [0.15, 0.2) is 5.58 Å². The third-order valence-corrected chi connectivity index (χ3v) is 6.00. The number of nitrogens with zero attached hydrogens (tertiary/aromatic N) is 2. The van der Waals surface area contributed by atoms with Gasteiger partial charge in [0.05, 0.1) is 0 Å². The van der Waals surface area contributed by atoms with Gasteiger partial charge in [0.25, 0.3) is 0 Å². The molecule has 2 amide bonds. The maximum atomic E-state index is 13.2. The lowest BCUT2D eigenvalue weighted by Gasteiger charge is -2.23. The van der Waals surface area contributed by atoms with Gasteiger partial charge in [0, 0.05) is 12.2 Å². The minimum Gasteiger partial charge on any atom is -0.438 e. The molecule has 1 aromatic heterocycles. The number of urea groups is 1. The summed E-state index contributed by atoms with van der Waals surface area (Å²) in [6, 6.07) is 17.7. The first-order chi connectivity index (χ1) is 15.5. The van der Waals surface area contributed by atoms with Gasteiger partial charge >= 0.3 is 6.03 Å². The van der Waals surface area contributed by atoms with Crippen LogP contribution in [0.1, 0.15) is 35.9 Å². The molecule has 1 atom stereocenters. The van der Waals surface area contributed by atoms with Gasteiger partial charge < -0.3 is 14.6 Å². The minimum atomic E-state index is -0.265. The highest BCUT2D eigenvalue weighted by Crippen LogP contribution is 2.35. The number of nitrogens with one attached hydrogen (secondary N) is 1. The van der Waals surface area contributed by atoms with E-state index in [1.807, 2.05) is 44.2 Å². The minimum absolute atomic E-state index is 0.145. The molecule has 1 N–H and O–H groups in total. The molecule has 0 radical (unpaired) electrons. The first kappa shape index (κ1) is 20.2. The Hall–Kier alpha value is -3.67. The molecule has 4 aromatic rings. The molecule has 1 fully saturated rings. The fourth-order valence-electron chi connectivity index (χ4n) is 4.32. The average molecular weight is 429 g/mol. The van der Waals surface area contributed by atoms with Crippen LogP contribution in [-0.4, -0.2) is 22.5 Å². The van der Waals surface area contributed by atoms with Crippen molar-refractivity contribution in [3.05, 3.63) is 83.5 Å². The van der Waals surface area contributed by atoms with Crippen molar-refractivity contribution in [2.75, 3.05) is 11.9 Å². The van der Waals surface area contributed by atoms with Crippen LogP contribution in [0.2, 0.25) is 0 Å². The Labute approximate surface area is 185 Å². The van der Waals surface area contributed by atoms with Crippen molar-refractivity contribution >= 4 is 22.8 Å². The van der Waals surface area contributed by atoms with Gasteiger partial charge in [-0.05, 0) is 73.7 Å². The third kappa shape index (κ3) is 3.84. The van der Waals surface area contributed by atoms with Crippen LogP contribution in [-0.2, 0) is 0 Å². The highest BCUT2D eigenvalue weighted by Gasteiger charge is 2.33. The normalized spacial score (nSPS) is 16.0. The zero-order valence-corrected chi connectivity index (χ0v) is 18.1. The molecule has 0 bridgehead atoms. The van der Waals surface area contributed by atoms with Gasteiger partial charge in [0.2, 0.25) is 5.89 Å². The number of hydrogen-bond acceptors (Lipinski definition) is 3. The van der Waals surface area contributed by atoms with Crippen LogP contribution in [0.25, 0.3) is 22.2 Å². The quantitative estimate of drug-likeness (QED) is 0.398. The fourth-order valence-corrected chi connectivity index (χ4v) is 4.32. The summed E-state index contributed by atoms with van der Waals surface area (Å²) < 4.78 is 19.3. The summed E-state index contributed by atoms with van der Waals surface area (Å²) in [5.41, 5.74) is 6.25. The smallest absolute Gasteiger partial charge is 0.322 e. The van der Waals surface area contributed by atoms with Crippen LogP contribution in [0, 0.1) is 19.7 Å². The van der Waals surface area contributed by atoms with Gasteiger partial charge in [-0.3, -0.25) is 0 Å². The number of benzene rings is 3. The number of likely N-dealkylation sites (tertiary alicyclic amines) is 1. The third-order valence-electron chi connectivity index (χ3n) is 6.00. The van der Waals surface area contributed by atoms with E-state index in [1.165, 1.54) is 12.1 Å². The van der Waals surface area contributed by atoms with Gasteiger partial charge in [0.1, 0.15) is 17.4 Å². The number of oxazole rings is 1. The number of anilines is 1. The van der Waals surface area contributed by atoms with Gasteiger partial charge in [-0.25, -0.2) is 14.2 Å². The number of hydrogen-bond donors (Lipinski definition) is 1. The summed E-state index contributed by atoms with van der Waals surface area (Å²) >= 11 is 0. The molecule has 1 unspecified atom stereocenters. The zero-order valence-electron chi connectivity index (χ0n) is 18.1. The van der Waals surface area contributed by atoms with Gasteiger partial charge in [-0.1, -0.05) is 35.9 Å². The molecule has 1 saturated heterocycles. The summed E-state index contributed by atoms with van der Waals surface area (Å²) in [6.07, 6.45) is 1.70. The number of aryl methyl sites for hydroxylation is 2. The van der Waals surface area contributed by atoms with Crippen molar-refractivity contribution in [1.29, 1.82) is 0 Å². The summed E-state index contributed by atoms with van der Waals surface area (Å²) in [7, 11) is 0. The van der Waals surface area contributed by atoms with Crippen molar-refractivity contribution in [2.24, 2.45) is 0 Å². The lowest BCUT2D eigenvalue weighted by Crippen LogP contribution is -2.34. The molecule has 0 saturated carbocycles. The summed E-state index contributed by atoms with van der Waals surface area (Å²) in [5, 5.41) is 3.03. The number of halogens is 1. The first-order valence-corrected chi connectivity index (χ1v) is 10.8. The Morgan fingerprint density at radius 2 is 1.84 bits per heavy atom. The lowest BCUT2D eigenvalue weighted by atomic mass is 10.1.